The molecule has 0 spiro atoms. The minimum Gasteiger partial charge on any atom is -0.255 e. The van der Waals surface area contributed by atoms with Gasteiger partial charge in [-0.2, -0.15) is 5.10 Å². The molecular weight excluding hydrogens is 220 g/mol. The van der Waals surface area contributed by atoms with E-state index in [1.54, 1.807) is 0 Å². The van der Waals surface area contributed by atoms with E-state index in [1.807, 2.05) is 12.1 Å². The van der Waals surface area contributed by atoms with Crippen molar-refractivity contribution in [2.24, 2.45) is 5.92 Å². The zero-order chi connectivity index (χ0) is 11.5. The highest BCUT2D eigenvalue weighted by Crippen LogP contribution is 2.20. The summed E-state index contributed by atoms with van der Waals surface area (Å²) in [6.07, 6.45) is 1.05. The number of nitrogens with one attached hydrogen (secondary N) is 1. The molecule has 0 aliphatic rings. The van der Waals surface area contributed by atoms with Gasteiger partial charge in [-0.15, -0.1) is 0 Å². The number of aromatic nitrogens is 2. The fraction of sp³-hybridized carbons (Fsp3) is 0.333. The summed E-state index contributed by atoms with van der Waals surface area (Å²) in [5, 5.41) is 7.19. The van der Waals surface area contributed by atoms with Gasteiger partial charge in [0.2, 0.25) is 0 Å². The predicted molar refractivity (Wildman–Crippen MR) is 66.7 cm³/mol. The molecular formula is C12H14N2OS. The van der Waals surface area contributed by atoms with E-state index in [-0.39, 0.29) is 4.87 Å². The van der Waals surface area contributed by atoms with Crippen LogP contribution in [0.3, 0.4) is 0 Å². The minimum absolute atomic E-state index is 0.107. The number of benzene rings is 1. The van der Waals surface area contributed by atoms with E-state index in [0.29, 0.717) is 5.92 Å². The summed E-state index contributed by atoms with van der Waals surface area (Å²) in [6.45, 7) is 4.39. The number of hydrogen-bond acceptors (Lipinski definition) is 3. The number of hydrogen-bond donors (Lipinski definition) is 1. The van der Waals surface area contributed by atoms with Crippen LogP contribution in [0.15, 0.2) is 29.1 Å². The van der Waals surface area contributed by atoms with Crippen molar-refractivity contribution < 1.29 is 0 Å². The molecule has 0 atom stereocenters. The Hall–Kier alpha value is -1.42. The van der Waals surface area contributed by atoms with Crippen LogP contribution in [0.5, 0.6) is 0 Å². The molecule has 84 valence electrons. The molecule has 0 saturated heterocycles. The first kappa shape index (κ1) is 11.1. The number of H-pyrrole nitrogens is 1. The molecule has 1 N–H and O–H groups in total. The van der Waals surface area contributed by atoms with Gasteiger partial charge in [0.15, 0.2) is 0 Å². The molecule has 0 fully saturated rings. The van der Waals surface area contributed by atoms with Crippen LogP contribution in [0.4, 0.5) is 0 Å². The fourth-order valence-electron chi connectivity index (χ4n) is 1.66. The van der Waals surface area contributed by atoms with Crippen molar-refractivity contribution in [1.82, 2.24) is 10.2 Å². The summed E-state index contributed by atoms with van der Waals surface area (Å²) >= 11 is 1.15. The maximum Gasteiger partial charge on any atom is 0.322 e. The molecule has 0 aliphatic carbocycles. The Kier molecular flexibility index (Phi) is 3.19. The second-order valence-electron chi connectivity index (χ2n) is 4.22. The lowest BCUT2D eigenvalue weighted by atomic mass is 10.0. The first-order valence-electron chi connectivity index (χ1n) is 5.30. The van der Waals surface area contributed by atoms with E-state index in [0.717, 1.165) is 28.3 Å². The van der Waals surface area contributed by atoms with Gasteiger partial charge in [0.25, 0.3) is 0 Å². The van der Waals surface area contributed by atoms with Gasteiger partial charge in [0.05, 0.1) is 0 Å². The lowest BCUT2D eigenvalue weighted by Gasteiger charge is -2.05. The molecule has 1 aromatic carbocycles. The molecule has 3 nitrogen and oxygen atoms in total. The molecule has 0 bridgehead atoms. The van der Waals surface area contributed by atoms with Crippen LogP contribution in [0.1, 0.15) is 19.4 Å². The van der Waals surface area contributed by atoms with Crippen molar-refractivity contribution in [3.05, 3.63) is 39.5 Å². The molecule has 1 heterocycles. The van der Waals surface area contributed by atoms with Gasteiger partial charge < -0.3 is 0 Å². The summed E-state index contributed by atoms with van der Waals surface area (Å²) < 4.78 is 0. The Balaban J connectivity index is 2.32. The van der Waals surface area contributed by atoms with Crippen molar-refractivity contribution in [2.75, 3.05) is 0 Å². The molecule has 0 amide bonds. The fourth-order valence-corrected chi connectivity index (χ4v) is 2.26. The molecule has 0 unspecified atom stereocenters. The summed E-state index contributed by atoms with van der Waals surface area (Å²) in [7, 11) is 0. The van der Waals surface area contributed by atoms with Crippen molar-refractivity contribution >= 4 is 11.3 Å². The Morgan fingerprint density at radius 1 is 1.44 bits per heavy atom. The normalized spacial score (nSPS) is 10.9. The van der Waals surface area contributed by atoms with Crippen LogP contribution in [0.25, 0.3) is 10.6 Å². The maximum atomic E-state index is 11.0. The van der Waals surface area contributed by atoms with Gasteiger partial charge in [-0.25, -0.2) is 5.10 Å². The van der Waals surface area contributed by atoms with Gasteiger partial charge in [-0.05, 0) is 24.0 Å². The second-order valence-corrected chi connectivity index (χ2v) is 5.18. The Morgan fingerprint density at radius 3 is 2.88 bits per heavy atom. The van der Waals surface area contributed by atoms with Crippen LogP contribution >= 0.6 is 11.3 Å². The van der Waals surface area contributed by atoms with Crippen LogP contribution in [0.2, 0.25) is 0 Å². The van der Waals surface area contributed by atoms with Crippen LogP contribution in [0, 0.1) is 5.92 Å². The van der Waals surface area contributed by atoms with Crippen molar-refractivity contribution in [3.8, 4) is 10.6 Å². The quantitative estimate of drug-likeness (QED) is 0.887. The Bertz CT molecular complexity index is 528. The average molecular weight is 234 g/mol. The molecule has 2 aromatic rings. The van der Waals surface area contributed by atoms with E-state index in [4.69, 9.17) is 0 Å². The summed E-state index contributed by atoms with van der Waals surface area (Å²) in [5.41, 5.74) is 2.30. The summed E-state index contributed by atoms with van der Waals surface area (Å²) in [5.74, 6) is 0.633. The number of rotatable bonds is 3. The monoisotopic (exact) mass is 234 g/mol. The minimum atomic E-state index is -0.107. The highest BCUT2D eigenvalue weighted by Gasteiger charge is 2.05. The lowest BCUT2D eigenvalue weighted by molar-refractivity contribution is 0.647. The van der Waals surface area contributed by atoms with Gasteiger partial charge in [-0.1, -0.05) is 43.4 Å². The van der Waals surface area contributed by atoms with Crippen molar-refractivity contribution in [1.29, 1.82) is 0 Å². The number of nitrogens with zero attached hydrogens (tertiary/aromatic N) is 1. The lowest BCUT2D eigenvalue weighted by Crippen LogP contribution is -1.93. The zero-order valence-corrected chi connectivity index (χ0v) is 10.2. The Morgan fingerprint density at radius 2 is 2.25 bits per heavy atom. The zero-order valence-electron chi connectivity index (χ0n) is 9.36. The van der Waals surface area contributed by atoms with E-state index in [2.05, 4.69) is 36.2 Å². The molecule has 2 rings (SSSR count). The maximum absolute atomic E-state index is 11.0. The third kappa shape index (κ3) is 2.58. The van der Waals surface area contributed by atoms with Gasteiger partial charge in [0, 0.05) is 5.56 Å². The van der Waals surface area contributed by atoms with Crippen LogP contribution in [-0.4, -0.2) is 10.2 Å². The Labute approximate surface area is 98.2 Å². The molecule has 4 heteroatoms. The third-order valence-corrected chi connectivity index (χ3v) is 3.05. The van der Waals surface area contributed by atoms with Gasteiger partial charge >= 0.3 is 4.87 Å². The summed E-state index contributed by atoms with van der Waals surface area (Å²) in [4.78, 5) is 10.9. The molecule has 1 aromatic heterocycles. The molecule has 0 saturated carbocycles. The van der Waals surface area contributed by atoms with Gasteiger partial charge in [-0.3, -0.25) is 4.79 Å². The first-order valence-corrected chi connectivity index (χ1v) is 6.11. The van der Waals surface area contributed by atoms with Crippen LogP contribution in [-0.2, 0) is 6.42 Å². The van der Waals surface area contributed by atoms with E-state index in [9.17, 15) is 4.79 Å². The van der Waals surface area contributed by atoms with Crippen molar-refractivity contribution in [3.63, 3.8) is 0 Å². The van der Waals surface area contributed by atoms with Crippen molar-refractivity contribution in [2.45, 2.75) is 20.3 Å². The van der Waals surface area contributed by atoms with Crippen LogP contribution < -0.4 is 4.87 Å². The molecule has 16 heavy (non-hydrogen) atoms. The SMILES string of the molecule is CC(C)Cc1cccc(-c2n[nH]c(=O)s2)c1. The molecule has 0 radical (unpaired) electrons. The van der Waals surface area contributed by atoms with Gasteiger partial charge in [0.1, 0.15) is 5.01 Å². The highest BCUT2D eigenvalue weighted by atomic mass is 32.1. The van der Waals surface area contributed by atoms with E-state index in [1.165, 1.54) is 5.56 Å². The van der Waals surface area contributed by atoms with E-state index >= 15 is 0 Å². The standard InChI is InChI=1S/C12H14N2OS/c1-8(2)6-9-4-3-5-10(7-9)11-13-14-12(15)16-11/h3-5,7-8H,6H2,1-2H3,(H,14,15). The predicted octanol–water partition coefficient (Wildman–Crippen LogP) is 2.70. The molecule has 0 aliphatic heterocycles. The topological polar surface area (TPSA) is 45.8 Å². The summed E-state index contributed by atoms with van der Waals surface area (Å²) in [6, 6.07) is 8.21. The third-order valence-electron chi connectivity index (χ3n) is 2.26. The largest absolute Gasteiger partial charge is 0.322 e. The van der Waals surface area contributed by atoms with E-state index < -0.39 is 0 Å². The number of aromatic amines is 1. The first-order chi connectivity index (χ1) is 7.65. The second kappa shape index (κ2) is 4.61. The smallest absolute Gasteiger partial charge is 0.255 e. The average Bonchev–Trinajstić information content (AvgIpc) is 2.64. The highest BCUT2D eigenvalue weighted by molar-refractivity contribution is 7.12.